The van der Waals surface area contributed by atoms with Crippen LogP contribution in [-0.2, 0) is 9.53 Å². The lowest BCUT2D eigenvalue weighted by atomic mass is 9.46. The third-order valence-electron chi connectivity index (χ3n) is 5.28. The second-order valence-electron chi connectivity index (χ2n) is 6.78. The van der Waals surface area contributed by atoms with Crippen LogP contribution in [0.2, 0.25) is 0 Å². The Morgan fingerprint density at radius 1 is 1.39 bits per heavy atom. The van der Waals surface area contributed by atoms with Crippen molar-refractivity contribution >= 4 is 5.97 Å². The number of hydrogen-bond donors (Lipinski definition) is 2. The van der Waals surface area contributed by atoms with E-state index < -0.39 is 11.6 Å². The lowest BCUT2D eigenvalue weighted by Gasteiger charge is -2.61. The van der Waals surface area contributed by atoms with Crippen molar-refractivity contribution in [3.63, 3.8) is 0 Å². The maximum Gasteiger partial charge on any atom is 0.323 e. The second kappa shape index (κ2) is 3.94. The van der Waals surface area contributed by atoms with Crippen LogP contribution in [-0.4, -0.2) is 29.3 Å². The Labute approximate surface area is 108 Å². The summed E-state index contributed by atoms with van der Waals surface area (Å²) < 4.78 is 5.08. The summed E-state index contributed by atoms with van der Waals surface area (Å²) in [5.41, 5.74) is 5.41. The number of nitrogens with two attached hydrogens (primary N) is 1. The van der Waals surface area contributed by atoms with Gasteiger partial charge in [0.15, 0.2) is 0 Å². The van der Waals surface area contributed by atoms with Gasteiger partial charge in [0.25, 0.3) is 0 Å². The zero-order valence-corrected chi connectivity index (χ0v) is 11.0. The number of carbonyl (C=O) groups is 1. The standard InChI is InChI=1S/C14H23NO3/c1-2-18-12(16)11(15)13-4-9-3-10(5-13)7-14(17,6-9)8-13/h9-11,17H,2-8,15H2,1H3/t9?,10?,11-,13?,14?/m1/s1. The molecule has 0 aliphatic heterocycles. The molecule has 102 valence electrons. The number of ether oxygens (including phenoxy) is 1. The fourth-order valence-electron chi connectivity index (χ4n) is 5.13. The Kier molecular flexibility index (Phi) is 2.72. The lowest BCUT2D eigenvalue weighted by Crippen LogP contribution is -2.62. The molecule has 4 rings (SSSR count). The Balaban J connectivity index is 1.84. The number of esters is 1. The maximum atomic E-state index is 11.9. The third kappa shape index (κ3) is 1.77. The SMILES string of the molecule is CCOC(=O)[C@@H](N)C12CC3CC(CC(O)(C3)C1)C2. The van der Waals surface area contributed by atoms with Gasteiger partial charge in [0.1, 0.15) is 6.04 Å². The quantitative estimate of drug-likeness (QED) is 0.741. The summed E-state index contributed by atoms with van der Waals surface area (Å²) >= 11 is 0. The molecule has 3 N–H and O–H groups in total. The molecule has 0 amide bonds. The van der Waals surface area contributed by atoms with E-state index in [1.807, 2.05) is 0 Å². The molecule has 0 radical (unpaired) electrons. The molecule has 3 atom stereocenters. The molecule has 0 spiro atoms. The molecule has 4 nitrogen and oxygen atoms in total. The molecule has 4 aliphatic carbocycles. The molecule has 18 heavy (non-hydrogen) atoms. The maximum absolute atomic E-state index is 11.9. The van der Waals surface area contributed by atoms with E-state index in [0.717, 1.165) is 25.7 Å². The monoisotopic (exact) mass is 253 g/mol. The van der Waals surface area contributed by atoms with E-state index in [1.54, 1.807) is 6.92 Å². The zero-order valence-electron chi connectivity index (χ0n) is 11.0. The zero-order chi connectivity index (χ0) is 13.0. The molecule has 0 saturated heterocycles. The number of carbonyl (C=O) groups excluding carboxylic acids is 1. The Morgan fingerprint density at radius 2 is 2.00 bits per heavy atom. The second-order valence-corrected chi connectivity index (χ2v) is 6.78. The molecule has 4 aliphatic rings. The summed E-state index contributed by atoms with van der Waals surface area (Å²) in [5.74, 6) is 0.816. The van der Waals surface area contributed by atoms with E-state index in [4.69, 9.17) is 10.5 Å². The van der Waals surface area contributed by atoms with Crippen LogP contribution in [0.15, 0.2) is 0 Å². The first kappa shape index (κ1) is 12.4. The highest BCUT2D eigenvalue weighted by Crippen LogP contribution is 2.62. The van der Waals surface area contributed by atoms with Gasteiger partial charge < -0.3 is 15.6 Å². The van der Waals surface area contributed by atoms with Gasteiger partial charge in [-0.15, -0.1) is 0 Å². The van der Waals surface area contributed by atoms with E-state index in [1.165, 1.54) is 6.42 Å². The topological polar surface area (TPSA) is 72.5 Å². The molecule has 4 saturated carbocycles. The van der Waals surface area contributed by atoms with Crippen molar-refractivity contribution in [2.45, 2.75) is 57.1 Å². The molecular weight excluding hydrogens is 230 g/mol. The summed E-state index contributed by atoms with van der Waals surface area (Å²) in [6.07, 6.45) is 5.69. The van der Waals surface area contributed by atoms with Crippen LogP contribution in [0.3, 0.4) is 0 Å². The van der Waals surface area contributed by atoms with Gasteiger partial charge >= 0.3 is 5.97 Å². The van der Waals surface area contributed by atoms with Crippen LogP contribution in [0, 0.1) is 17.3 Å². The fourth-order valence-corrected chi connectivity index (χ4v) is 5.13. The minimum absolute atomic E-state index is 0.203. The van der Waals surface area contributed by atoms with Crippen LogP contribution in [0.25, 0.3) is 0 Å². The van der Waals surface area contributed by atoms with E-state index >= 15 is 0 Å². The van der Waals surface area contributed by atoms with Crippen molar-refractivity contribution in [2.24, 2.45) is 23.0 Å². The van der Waals surface area contributed by atoms with Crippen LogP contribution in [0.5, 0.6) is 0 Å². The Morgan fingerprint density at radius 3 is 2.50 bits per heavy atom. The molecule has 4 heteroatoms. The Hall–Kier alpha value is -0.610. The highest BCUT2D eigenvalue weighted by Gasteiger charge is 2.60. The van der Waals surface area contributed by atoms with Crippen molar-refractivity contribution in [1.29, 1.82) is 0 Å². The predicted molar refractivity (Wildman–Crippen MR) is 66.7 cm³/mol. The fraction of sp³-hybridized carbons (Fsp3) is 0.929. The number of aliphatic hydroxyl groups is 1. The first-order valence-electron chi connectivity index (χ1n) is 7.11. The van der Waals surface area contributed by atoms with Crippen LogP contribution in [0.1, 0.15) is 45.4 Å². The van der Waals surface area contributed by atoms with Crippen LogP contribution < -0.4 is 5.73 Å². The number of hydrogen-bond acceptors (Lipinski definition) is 4. The lowest BCUT2D eigenvalue weighted by molar-refractivity contribution is -0.181. The van der Waals surface area contributed by atoms with Crippen molar-refractivity contribution in [2.75, 3.05) is 6.61 Å². The highest BCUT2D eigenvalue weighted by molar-refractivity contribution is 5.76. The summed E-state index contributed by atoms with van der Waals surface area (Å²) in [6, 6.07) is -0.560. The van der Waals surface area contributed by atoms with Gasteiger partial charge in [-0.05, 0) is 62.7 Å². The molecule has 0 aromatic carbocycles. The first-order chi connectivity index (χ1) is 8.46. The van der Waals surface area contributed by atoms with Gasteiger partial charge in [-0.2, -0.15) is 0 Å². The van der Waals surface area contributed by atoms with Crippen LogP contribution >= 0.6 is 0 Å². The van der Waals surface area contributed by atoms with Gasteiger partial charge in [0.05, 0.1) is 12.2 Å². The molecule has 0 aromatic heterocycles. The molecule has 0 heterocycles. The van der Waals surface area contributed by atoms with Crippen molar-refractivity contribution in [1.82, 2.24) is 0 Å². The van der Waals surface area contributed by atoms with Crippen molar-refractivity contribution in [3.8, 4) is 0 Å². The Bertz CT molecular complexity index is 354. The molecule has 4 bridgehead atoms. The van der Waals surface area contributed by atoms with Gasteiger partial charge in [-0.25, -0.2) is 0 Å². The molecule has 4 fully saturated rings. The molecular formula is C14H23NO3. The van der Waals surface area contributed by atoms with Crippen molar-refractivity contribution in [3.05, 3.63) is 0 Å². The average Bonchev–Trinajstić information content (AvgIpc) is 2.24. The molecule has 0 aromatic rings. The average molecular weight is 253 g/mol. The predicted octanol–water partition coefficient (Wildman–Crippen LogP) is 1.21. The molecule has 2 unspecified atom stereocenters. The van der Waals surface area contributed by atoms with Crippen LogP contribution in [0.4, 0.5) is 0 Å². The first-order valence-corrected chi connectivity index (χ1v) is 7.11. The number of rotatable bonds is 3. The van der Waals surface area contributed by atoms with Gasteiger partial charge in [0.2, 0.25) is 0 Å². The largest absolute Gasteiger partial charge is 0.465 e. The van der Waals surface area contributed by atoms with Gasteiger partial charge in [0, 0.05) is 0 Å². The van der Waals surface area contributed by atoms with E-state index in [0.29, 0.717) is 24.9 Å². The van der Waals surface area contributed by atoms with E-state index in [2.05, 4.69) is 0 Å². The minimum Gasteiger partial charge on any atom is -0.465 e. The van der Waals surface area contributed by atoms with Gasteiger partial charge in [-0.1, -0.05) is 0 Å². The summed E-state index contributed by atoms with van der Waals surface area (Å²) in [5, 5.41) is 10.6. The highest BCUT2D eigenvalue weighted by atomic mass is 16.5. The summed E-state index contributed by atoms with van der Waals surface area (Å²) in [4.78, 5) is 11.9. The third-order valence-corrected chi connectivity index (χ3v) is 5.28. The smallest absolute Gasteiger partial charge is 0.323 e. The minimum atomic E-state index is -0.561. The van der Waals surface area contributed by atoms with Gasteiger partial charge in [-0.3, -0.25) is 4.79 Å². The van der Waals surface area contributed by atoms with E-state index in [9.17, 15) is 9.90 Å². The van der Waals surface area contributed by atoms with Crippen molar-refractivity contribution < 1.29 is 14.6 Å². The summed E-state index contributed by atoms with van der Waals surface area (Å²) in [7, 11) is 0. The summed E-state index contributed by atoms with van der Waals surface area (Å²) in [6.45, 7) is 2.18. The van der Waals surface area contributed by atoms with E-state index in [-0.39, 0.29) is 11.4 Å². The normalized spacial score (nSPS) is 47.1.